The Labute approximate surface area is 150 Å². The molecule has 1 aliphatic rings. The Hall–Kier alpha value is -2.56. The molecule has 2 aromatic rings. The van der Waals surface area contributed by atoms with Gasteiger partial charge in [0.2, 0.25) is 5.60 Å². The van der Waals surface area contributed by atoms with Gasteiger partial charge in [-0.2, -0.15) is 18.3 Å². The van der Waals surface area contributed by atoms with Crippen LogP contribution in [0, 0.1) is 11.6 Å². The summed E-state index contributed by atoms with van der Waals surface area (Å²) in [5.74, 6) is -4.09. The van der Waals surface area contributed by atoms with Crippen molar-refractivity contribution in [3.63, 3.8) is 0 Å². The molecule has 0 aromatic carbocycles. The molecule has 1 aliphatic heterocycles. The summed E-state index contributed by atoms with van der Waals surface area (Å²) >= 11 is 0. The van der Waals surface area contributed by atoms with Crippen LogP contribution in [0.15, 0.2) is 18.5 Å². The summed E-state index contributed by atoms with van der Waals surface area (Å²) in [6.45, 7) is 1.62. The van der Waals surface area contributed by atoms with Crippen LogP contribution in [0.2, 0.25) is 0 Å². The average Bonchev–Trinajstić information content (AvgIpc) is 2.97. The highest BCUT2D eigenvalue weighted by Gasteiger charge is 2.57. The van der Waals surface area contributed by atoms with Crippen LogP contribution in [0.3, 0.4) is 0 Å². The summed E-state index contributed by atoms with van der Waals surface area (Å²) in [6, 6.07) is 0.639. The van der Waals surface area contributed by atoms with Gasteiger partial charge in [0.25, 0.3) is 5.91 Å². The predicted molar refractivity (Wildman–Crippen MR) is 81.8 cm³/mol. The molecule has 0 spiro atoms. The first-order valence-corrected chi connectivity index (χ1v) is 7.90. The van der Waals surface area contributed by atoms with Crippen molar-refractivity contribution in [3.05, 3.63) is 41.4 Å². The maximum atomic E-state index is 14.0. The van der Waals surface area contributed by atoms with E-state index in [0.29, 0.717) is 24.2 Å². The van der Waals surface area contributed by atoms with E-state index in [-0.39, 0.29) is 18.9 Å². The van der Waals surface area contributed by atoms with Crippen molar-refractivity contribution in [3.8, 4) is 5.82 Å². The SMILES string of the molecule is C[C@@H]1CN(C(=O)[C@@](C)(O)C(F)(F)F)Cc2cnn(-c3ncc(F)cc3F)c21. The standard InChI is InChI=1S/C16H15F5N4O2/c1-8-6-24(14(26)15(2,27)16(19,20)21)7-9-4-23-25(12(8)9)13-11(18)3-10(17)5-22-13/h3-5,8,27H,6-7H2,1-2H3/t8-,15-/m1/s1. The first kappa shape index (κ1) is 19.2. The van der Waals surface area contributed by atoms with Crippen LogP contribution in [0.4, 0.5) is 22.0 Å². The molecule has 3 heterocycles. The molecule has 3 rings (SSSR count). The molecule has 1 amide bonds. The third-order valence-electron chi connectivity index (χ3n) is 4.45. The van der Waals surface area contributed by atoms with Crippen LogP contribution in [0.1, 0.15) is 31.0 Å². The number of hydrogen-bond acceptors (Lipinski definition) is 4. The van der Waals surface area contributed by atoms with Gasteiger partial charge in [-0.25, -0.2) is 18.4 Å². The molecule has 0 radical (unpaired) electrons. The van der Waals surface area contributed by atoms with Crippen molar-refractivity contribution in [1.29, 1.82) is 0 Å². The van der Waals surface area contributed by atoms with Gasteiger partial charge < -0.3 is 10.0 Å². The number of nitrogens with zero attached hydrogens (tertiary/aromatic N) is 4. The van der Waals surface area contributed by atoms with E-state index in [1.54, 1.807) is 6.92 Å². The lowest BCUT2D eigenvalue weighted by Crippen LogP contribution is -2.57. The molecule has 146 valence electrons. The van der Waals surface area contributed by atoms with Crippen LogP contribution < -0.4 is 0 Å². The molecular weight excluding hydrogens is 375 g/mol. The van der Waals surface area contributed by atoms with Gasteiger partial charge in [0.15, 0.2) is 11.6 Å². The number of fused-ring (bicyclic) bond motifs is 1. The molecular formula is C16H15F5N4O2. The number of amides is 1. The number of hydrogen-bond donors (Lipinski definition) is 1. The van der Waals surface area contributed by atoms with Crippen molar-refractivity contribution in [2.24, 2.45) is 0 Å². The van der Waals surface area contributed by atoms with E-state index in [9.17, 15) is 31.9 Å². The first-order chi connectivity index (χ1) is 12.4. The van der Waals surface area contributed by atoms with E-state index < -0.39 is 35.2 Å². The second-order valence-electron chi connectivity index (χ2n) is 6.58. The maximum absolute atomic E-state index is 14.0. The van der Waals surface area contributed by atoms with E-state index in [0.717, 1.165) is 15.8 Å². The van der Waals surface area contributed by atoms with E-state index >= 15 is 0 Å². The van der Waals surface area contributed by atoms with Gasteiger partial charge >= 0.3 is 6.18 Å². The molecule has 11 heteroatoms. The number of rotatable bonds is 2. The van der Waals surface area contributed by atoms with Gasteiger partial charge in [-0.3, -0.25) is 4.79 Å². The zero-order chi connectivity index (χ0) is 20.1. The van der Waals surface area contributed by atoms with Gasteiger partial charge in [-0.15, -0.1) is 0 Å². The Bertz CT molecular complexity index is 893. The highest BCUT2D eigenvalue weighted by atomic mass is 19.4. The number of aliphatic hydroxyl groups is 1. The quantitative estimate of drug-likeness (QED) is 0.799. The van der Waals surface area contributed by atoms with Crippen LogP contribution in [0.25, 0.3) is 5.82 Å². The van der Waals surface area contributed by atoms with E-state index in [1.807, 2.05) is 0 Å². The topological polar surface area (TPSA) is 71.2 Å². The monoisotopic (exact) mass is 390 g/mol. The Kier molecular flexibility index (Phi) is 4.45. The normalized spacial score (nSPS) is 19.6. The van der Waals surface area contributed by atoms with Crippen molar-refractivity contribution in [2.45, 2.75) is 38.1 Å². The van der Waals surface area contributed by atoms with E-state index in [1.165, 1.54) is 6.20 Å². The Morgan fingerprint density at radius 1 is 1.30 bits per heavy atom. The number of alkyl halides is 3. The summed E-state index contributed by atoms with van der Waals surface area (Å²) in [5.41, 5.74) is -2.69. The fourth-order valence-electron chi connectivity index (χ4n) is 3.04. The lowest BCUT2D eigenvalue weighted by molar-refractivity contribution is -0.250. The minimum absolute atomic E-state index is 0.146. The van der Waals surface area contributed by atoms with Gasteiger partial charge in [0.1, 0.15) is 5.82 Å². The second kappa shape index (κ2) is 6.25. The zero-order valence-electron chi connectivity index (χ0n) is 14.3. The lowest BCUT2D eigenvalue weighted by atomic mass is 9.95. The number of pyridine rings is 1. The molecule has 0 saturated heterocycles. The Morgan fingerprint density at radius 2 is 1.96 bits per heavy atom. The molecule has 0 unspecified atom stereocenters. The molecule has 0 saturated carbocycles. The molecule has 0 fully saturated rings. The number of aromatic nitrogens is 3. The number of halogens is 5. The minimum Gasteiger partial charge on any atom is -0.373 e. The second-order valence-corrected chi connectivity index (χ2v) is 6.58. The lowest BCUT2D eigenvalue weighted by Gasteiger charge is -2.36. The largest absolute Gasteiger partial charge is 0.426 e. The fourth-order valence-corrected chi connectivity index (χ4v) is 3.04. The smallest absolute Gasteiger partial charge is 0.373 e. The minimum atomic E-state index is -5.13. The number of carbonyl (C=O) groups excluding carboxylic acids is 1. The van der Waals surface area contributed by atoms with Crippen molar-refractivity contribution >= 4 is 5.91 Å². The molecule has 2 aromatic heterocycles. The molecule has 0 bridgehead atoms. The van der Waals surface area contributed by atoms with Crippen molar-refractivity contribution in [2.75, 3.05) is 6.54 Å². The van der Waals surface area contributed by atoms with E-state index in [4.69, 9.17) is 0 Å². The van der Waals surface area contributed by atoms with Gasteiger partial charge in [-0.05, 0) is 6.92 Å². The van der Waals surface area contributed by atoms with Gasteiger partial charge in [-0.1, -0.05) is 6.92 Å². The average molecular weight is 390 g/mol. The summed E-state index contributed by atoms with van der Waals surface area (Å²) in [6.07, 6.45) is -3.03. The number of carbonyl (C=O) groups is 1. The summed E-state index contributed by atoms with van der Waals surface area (Å²) in [5, 5.41) is 13.6. The summed E-state index contributed by atoms with van der Waals surface area (Å²) in [7, 11) is 0. The van der Waals surface area contributed by atoms with Crippen LogP contribution in [-0.2, 0) is 11.3 Å². The van der Waals surface area contributed by atoms with E-state index in [2.05, 4.69) is 10.1 Å². The Morgan fingerprint density at radius 3 is 2.56 bits per heavy atom. The molecule has 2 atom stereocenters. The summed E-state index contributed by atoms with van der Waals surface area (Å²) in [4.78, 5) is 16.8. The van der Waals surface area contributed by atoms with Crippen molar-refractivity contribution < 1.29 is 31.9 Å². The zero-order valence-corrected chi connectivity index (χ0v) is 14.3. The highest BCUT2D eigenvalue weighted by molar-refractivity contribution is 5.85. The van der Waals surface area contributed by atoms with Gasteiger partial charge in [0, 0.05) is 30.6 Å². The third kappa shape index (κ3) is 3.15. The van der Waals surface area contributed by atoms with Crippen molar-refractivity contribution in [1.82, 2.24) is 19.7 Å². The first-order valence-electron chi connectivity index (χ1n) is 7.90. The van der Waals surface area contributed by atoms with Crippen LogP contribution >= 0.6 is 0 Å². The van der Waals surface area contributed by atoms with Gasteiger partial charge in [0.05, 0.1) is 18.1 Å². The molecule has 27 heavy (non-hydrogen) atoms. The van der Waals surface area contributed by atoms with Crippen LogP contribution in [-0.4, -0.2) is 49.0 Å². The third-order valence-corrected chi connectivity index (χ3v) is 4.45. The molecule has 0 aliphatic carbocycles. The maximum Gasteiger partial charge on any atom is 0.426 e. The predicted octanol–water partition coefficient (Wildman–Crippen LogP) is 2.30. The molecule has 1 N–H and O–H groups in total. The van der Waals surface area contributed by atoms with Crippen LogP contribution in [0.5, 0.6) is 0 Å². The Balaban J connectivity index is 1.95. The highest BCUT2D eigenvalue weighted by Crippen LogP contribution is 2.35. The molecule has 6 nitrogen and oxygen atoms in total. The fraction of sp³-hybridized carbons (Fsp3) is 0.438. The summed E-state index contributed by atoms with van der Waals surface area (Å²) < 4.78 is 67.0.